The van der Waals surface area contributed by atoms with E-state index in [0.29, 0.717) is 23.1 Å². The number of nitrogens with zero attached hydrogens (tertiary/aromatic N) is 1. The molecule has 2 aromatic carbocycles. The average molecular weight is 491 g/mol. The number of hydrogen-bond donors (Lipinski definition) is 1. The molecule has 0 unspecified atom stereocenters. The molecule has 0 spiro atoms. The summed E-state index contributed by atoms with van der Waals surface area (Å²) in [6.45, 7) is 3.95. The molecule has 6 atom stereocenters. The summed E-state index contributed by atoms with van der Waals surface area (Å²) in [5.41, 5.74) is 3.69. The fourth-order valence-corrected chi connectivity index (χ4v) is 6.54. The summed E-state index contributed by atoms with van der Waals surface area (Å²) in [5.74, 6) is 0.534. The zero-order chi connectivity index (χ0) is 22.3. The first-order valence-electron chi connectivity index (χ1n) is 11.1. The number of imide groups is 1. The lowest BCUT2D eigenvalue weighted by atomic mass is 9.63. The molecule has 5 aliphatic rings. The van der Waals surface area contributed by atoms with Crippen LogP contribution in [0.2, 0.25) is 0 Å². The molecule has 162 valence electrons. The Balaban J connectivity index is 1.28. The highest BCUT2D eigenvalue weighted by Crippen LogP contribution is 2.65. The van der Waals surface area contributed by atoms with Gasteiger partial charge >= 0.3 is 0 Å². The van der Waals surface area contributed by atoms with E-state index in [9.17, 15) is 14.4 Å². The Labute approximate surface area is 195 Å². The van der Waals surface area contributed by atoms with Gasteiger partial charge in [-0.15, -0.1) is 0 Å². The molecule has 1 saturated heterocycles. The van der Waals surface area contributed by atoms with Gasteiger partial charge in [-0.25, -0.2) is 4.90 Å². The van der Waals surface area contributed by atoms with Crippen LogP contribution < -0.4 is 10.2 Å². The molecule has 2 bridgehead atoms. The average Bonchev–Trinajstić information content (AvgIpc) is 3.57. The Bertz CT molecular complexity index is 1200. The number of halogens is 1. The van der Waals surface area contributed by atoms with E-state index in [2.05, 4.69) is 33.4 Å². The number of carbonyl (C=O) groups excluding carboxylic acids is 3. The number of allylic oxidation sites excluding steroid dienone is 2. The van der Waals surface area contributed by atoms with Crippen LogP contribution in [0, 0.1) is 49.4 Å². The molecular weight excluding hydrogens is 468 g/mol. The van der Waals surface area contributed by atoms with Gasteiger partial charge in [0.05, 0.1) is 17.5 Å². The minimum Gasteiger partial charge on any atom is -0.322 e. The predicted molar refractivity (Wildman–Crippen MR) is 125 cm³/mol. The van der Waals surface area contributed by atoms with E-state index in [1.54, 1.807) is 24.3 Å². The van der Waals surface area contributed by atoms with Crippen molar-refractivity contribution in [3.8, 4) is 0 Å². The number of amides is 3. The Morgan fingerprint density at radius 1 is 0.969 bits per heavy atom. The summed E-state index contributed by atoms with van der Waals surface area (Å²) < 4.78 is 0.989. The van der Waals surface area contributed by atoms with Crippen molar-refractivity contribution in [2.75, 3.05) is 10.2 Å². The maximum Gasteiger partial charge on any atom is 0.255 e. The summed E-state index contributed by atoms with van der Waals surface area (Å²) in [5, 5.41) is 2.96. The van der Waals surface area contributed by atoms with E-state index >= 15 is 0 Å². The van der Waals surface area contributed by atoms with Crippen LogP contribution in [-0.4, -0.2) is 17.7 Å². The predicted octanol–water partition coefficient (Wildman–Crippen LogP) is 4.88. The fourth-order valence-electron chi connectivity index (χ4n) is 6.12. The van der Waals surface area contributed by atoms with Gasteiger partial charge in [-0.2, -0.15) is 0 Å². The topological polar surface area (TPSA) is 66.5 Å². The molecule has 1 N–H and O–H groups in total. The highest BCUT2D eigenvalue weighted by Gasteiger charge is 2.67. The third-order valence-electron chi connectivity index (χ3n) is 8.00. The second kappa shape index (κ2) is 6.88. The van der Waals surface area contributed by atoms with Crippen LogP contribution in [0.3, 0.4) is 0 Å². The molecule has 0 aromatic heterocycles. The normalized spacial score (nSPS) is 31.5. The van der Waals surface area contributed by atoms with Gasteiger partial charge in [0, 0.05) is 15.7 Å². The van der Waals surface area contributed by atoms with Gasteiger partial charge in [0.15, 0.2) is 0 Å². The first kappa shape index (κ1) is 19.9. The van der Waals surface area contributed by atoms with Crippen molar-refractivity contribution in [3.05, 3.63) is 69.7 Å². The molecule has 0 radical (unpaired) electrons. The SMILES string of the molecule is Cc1c(Br)ccc(NC(=O)c2cccc(N3C(=O)[C@@H]4[C@H]5C=C[C@@H]([C@@H]6C[C@H]56)[C@@H]4C3=O)c2)c1C. The van der Waals surface area contributed by atoms with E-state index in [0.717, 1.165) is 27.7 Å². The number of rotatable bonds is 3. The monoisotopic (exact) mass is 490 g/mol. The smallest absolute Gasteiger partial charge is 0.255 e. The minimum atomic E-state index is -0.267. The molecule has 3 amide bonds. The van der Waals surface area contributed by atoms with E-state index in [4.69, 9.17) is 0 Å². The Morgan fingerprint density at radius 3 is 2.28 bits per heavy atom. The van der Waals surface area contributed by atoms with Gasteiger partial charge in [0.2, 0.25) is 11.8 Å². The van der Waals surface area contributed by atoms with Gasteiger partial charge in [-0.05, 0) is 85.4 Å². The molecule has 6 heteroatoms. The Hall–Kier alpha value is -2.73. The zero-order valence-corrected chi connectivity index (χ0v) is 19.4. The van der Waals surface area contributed by atoms with Gasteiger partial charge in [0.1, 0.15) is 0 Å². The third-order valence-corrected chi connectivity index (χ3v) is 8.86. The van der Waals surface area contributed by atoms with Crippen molar-refractivity contribution in [2.24, 2.45) is 35.5 Å². The maximum atomic E-state index is 13.4. The molecule has 1 aliphatic heterocycles. The van der Waals surface area contributed by atoms with Crippen LogP contribution in [0.5, 0.6) is 0 Å². The summed E-state index contributed by atoms with van der Waals surface area (Å²) in [4.78, 5) is 41.0. The molecule has 1 heterocycles. The molecule has 5 nitrogen and oxygen atoms in total. The van der Waals surface area contributed by atoms with Crippen LogP contribution in [0.1, 0.15) is 27.9 Å². The molecule has 32 heavy (non-hydrogen) atoms. The second-order valence-electron chi connectivity index (χ2n) is 9.52. The molecule has 2 aromatic rings. The number of benzene rings is 2. The minimum absolute atomic E-state index is 0.110. The number of hydrogen-bond acceptors (Lipinski definition) is 3. The van der Waals surface area contributed by atoms with Gasteiger partial charge in [-0.3, -0.25) is 14.4 Å². The molecule has 7 rings (SSSR count). The van der Waals surface area contributed by atoms with E-state index < -0.39 is 0 Å². The van der Waals surface area contributed by atoms with Crippen molar-refractivity contribution in [3.63, 3.8) is 0 Å². The van der Waals surface area contributed by atoms with Crippen molar-refractivity contribution >= 4 is 45.0 Å². The lowest BCUT2D eigenvalue weighted by molar-refractivity contribution is -0.124. The first-order chi connectivity index (χ1) is 15.4. The summed E-state index contributed by atoms with van der Waals surface area (Å²) in [6.07, 6.45) is 5.47. The van der Waals surface area contributed by atoms with Crippen LogP contribution in [0.15, 0.2) is 53.0 Å². The van der Waals surface area contributed by atoms with Crippen molar-refractivity contribution < 1.29 is 14.4 Å². The van der Waals surface area contributed by atoms with E-state index in [1.165, 1.54) is 4.90 Å². The summed E-state index contributed by atoms with van der Waals surface area (Å²) in [6, 6.07) is 10.6. The quantitative estimate of drug-likeness (QED) is 0.492. The lowest BCUT2D eigenvalue weighted by Gasteiger charge is -2.37. The van der Waals surface area contributed by atoms with Crippen molar-refractivity contribution in [1.82, 2.24) is 0 Å². The van der Waals surface area contributed by atoms with E-state index in [-0.39, 0.29) is 41.4 Å². The zero-order valence-electron chi connectivity index (χ0n) is 17.8. The molecular formula is C26H23BrN2O3. The number of anilines is 2. The summed E-state index contributed by atoms with van der Waals surface area (Å²) in [7, 11) is 0. The molecule has 4 aliphatic carbocycles. The third kappa shape index (κ3) is 2.71. The van der Waals surface area contributed by atoms with Crippen LogP contribution in [0.4, 0.5) is 11.4 Å². The molecule has 3 fully saturated rings. The highest BCUT2D eigenvalue weighted by atomic mass is 79.9. The van der Waals surface area contributed by atoms with Gasteiger partial charge < -0.3 is 5.32 Å². The number of carbonyl (C=O) groups is 3. The standard InChI is InChI=1S/C26H23BrN2O3/c1-12-13(2)21(9-8-20(12)27)28-24(30)14-4-3-5-15(10-14)29-25(31)22-16-6-7-17(19-11-18(16)19)23(22)26(29)32/h3-10,16-19,22-23H,11H2,1-2H3,(H,28,30)/t16-,17-,18-,19+,22-,23+/m0/s1. The Kier molecular flexibility index (Phi) is 4.28. The largest absolute Gasteiger partial charge is 0.322 e. The van der Waals surface area contributed by atoms with Gasteiger partial charge in [-0.1, -0.05) is 34.1 Å². The molecule has 2 saturated carbocycles. The van der Waals surface area contributed by atoms with Crippen LogP contribution >= 0.6 is 15.9 Å². The second-order valence-corrected chi connectivity index (χ2v) is 10.4. The Morgan fingerprint density at radius 2 is 1.62 bits per heavy atom. The summed E-state index contributed by atoms with van der Waals surface area (Å²) >= 11 is 3.51. The maximum absolute atomic E-state index is 13.4. The highest BCUT2D eigenvalue weighted by molar-refractivity contribution is 9.10. The van der Waals surface area contributed by atoms with E-state index in [1.807, 2.05) is 26.0 Å². The first-order valence-corrected chi connectivity index (χ1v) is 11.9. The van der Waals surface area contributed by atoms with Crippen LogP contribution in [0.25, 0.3) is 0 Å². The lowest BCUT2D eigenvalue weighted by Crippen LogP contribution is -2.40. The van der Waals surface area contributed by atoms with Crippen LogP contribution in [-0.2, 0) is 9.59 Å². The van der Waals surface area contributed by atoms with Crippen molar-refractivity contribution in [2.45, 2.75) is 20.3 Å². The van der Waals surface area contributed by atoms with Crippen molar-refractivity contribution in [1.29, 1.82) is 0 Å². The number of nitrogens with one attached hydrogen (secondary N) is 1. The van der Waals surface area contributed by atoms with Gasteiger partial charge in [0.25, 0.3) is 5.91 Å². The fraction of sp³-hybridized carbons (Fsp3) is 0.346.